The Morgan fingerprint density at radius 2 is 1.95 bits per heavy atom. The lowest BCUT2D eigenvalue weighted by atomic mass is 9.96. The summed E-state index contributed by atoms with van der Waals surface area (Å²) in [4.78, 5) is 32.1. The second-order valence-corrected chi connectivity index (χ2v) is 10.2. The first kappa shape index (κ1) is 28.1. The van der Waals surface area contributed by atoms with Gasteiger partial charge in [0, 0.05) is 10.0 Å². The highest BCUT2D eigenvalue weighted by atomic mass is 79.9. The molecule has 3 aromatic rings. The third-order valence-corrected chi connectivity index (χ3v) is 7.30. The van der Waals surface area contributed by atoms with Crippen molar-refractivity contribution in [1.29, 1.82) is 5.26 Å². The molecule has 202 valence electrons. The molecular weight excluding hydrogens is 586 g/mol. The second kappa shape index (κ2) is 12.3. The molecule has 0 fully saturated rings. The van der Waals surface area contributed by atoms with Crippen LogP contribution in [0.25, 0.3) is 6.08 Å². The maximum atomic E-state index is 13.9. The average Bonchev–Trinajstić information content (AvgIpc) is 3.21. The lowest BCUT2D eigenvalue weighted by Gasteiger charge is -2.24. The molecule has 4 rings (SSSR count). The summed E-state index contributed by atoms with van der Waals surface area (Å²) >= 11 is 4.65. The van der Waals surface area contributed by atoms with E-state index in [1.807, 2.05) is 25.1 Å². The molecule has 11 heteroatoms. The zero-order valence-corrected chi connectivity index (χ0v) is 24.2. The van der Waals surface area contributed by atoms with Gasteiger partial charge in [-0.25, -0.2) is 9.79 Å². The van der Waals surface area contributed by atoms with Gasteiger partial charge >= 0.3 is 5.97 Å². The molecule has 0 amide bonds. The van der Waals surface area contributed by atoms with Crippen LogP contribution in [0.1, 0.15) is 37.9 Å². The van der Waals surface area contributed by atoms with Crippen LogP contribution in [0.5, 0.6) is 17.2 Å². The fourth-order valence-electron chi connectivity index (χ4n) is 4.27. The van der Waals surface area contributed by atoms with E-state index < -0.39 is 12.0 Å². The Kier molecular flexibility index (Phi) is 8.89. The van der Waals surface area contributed by atoms with Crippen LogP contribution < -0.4 is 29.1 Å². The molecule has 0 spiro atoms. The summed E-state index contributed by atoms with van der Waals surface area (Å²) < 4.78 is 24.6. The predicted octanol–water partition coefficient (Wildman–Crippen LogP) is 3.87. The molecular formula is C28H26BrN3O6S. The first-order valence-corrected chi connectivity index (χ1v) is 13.7. The third-order valence-electron chi connectivity index (χ3n) is 5.86. The lowest BCUT2D eigenvalue weighted by Crippen LogP contribution is -2.39. The van der Waals surface area contributed by atoms with Crippen LogP contribution in [0, 0.1) is 11.3 Å². The van der Waals surface area contributed by atoms with Gasteiger partial charge in [0.1, 0.15) is 11.8 Å². The van der Waals surface area contributed by atoms with Crippen molar-refractivity contribution in [2.24, 2.45) is 4.99 Å². The summed E-state index contributed by atoms with van der Waals surface area (Å²) in [6.07, 6.45) is 1.67. The van der Waals surface area contributed by atoms with Crippen LogP contribution in [0.2, 0.25) is 0 Å². The number of carbonyl (C=O) groups is 1. The molecule has 2 aromatic carbocycles. The van der Waals surface area contributed by atoms with E-state index in [0.717, 1.165) is 0 Å². The number of nitriles is 1. The van der Waals surface area contributed by atoms with E-state index >= 15 is 0 Å². The number of benzene rings is 2. The van der Waals surface area contributed by atoms with E-state index in [1.54, 1.807) is 44.2 Å². The van der Waals surface area contributed by atoms with Crippen molar-refractivity contribution in [3.8, 4) is 23.3 Å². The van der Waals surface area contributed by atoms with Crippen LogP contribution in [0.15, 0.2) is 61.9 Å². The maximum absolute atomic E-state index is 13.9. The average molecular weight is 613 g/mol. The van der Waals surface area contributed by atoms with Gasteiger partial charge in [-0.2, -0.15) is 5.26 Å². The zero-order valence-electron chi connectivity index (χ0n) is 21.8. The number of carbonyl (C=O) groups excluding carboxylic acids is 1. The Balaban J connectivity index is 1.94. The van der Waals surface area contributed by atoms with Gasteiger partial charge in [-0.1, -0.05) is 39.4 Å². The summed E-state index contributed by atoms with van der Waals surface area (Å²) in [7, 11) is 1.50. The van der Waals surface area contributed by atoms with Gasteiger partial charge in [0.05, 0.1) is 42.2 Å². The maximum Gasteiger partial charge on any atom is 0.338 e. The van der Waals surface area contributed by atoms with Crippen LogP contribution in [0.3, 0.4) is 0 Å². The second-order valence-electron chi connectivity index (χ2n) is 8.28. The van der Waals surface area contributed by atoms with Gasteiger partial charge in [0.2, 0.25) is 0 Å². The summed E-state index contributed by atoms with van der Waals surface area (Å²) in [5.74, 6) is 0.891. The molecule has 1 aliphatic heterocycles. The highest BCUT2D eigenvalue weighted by Gasteiger charge is 2.33. The van der Waals surface area contributed by atoms with Crippen molar-refractivity contribution in [2.75, 3.05) is 26.9 Å². The molecule has 0 saturated carbocycles. The minimum absolute atomic E-state index is 0.187. The number of nitrogens with zero attached hydrogens (tertiary/aromatic N) is 3. The number of fused-ring (bicyclic) bond motifs is 1. The van der Waals surface area contributed by atoms with Crippen LogP contribution in [-0.2, 0) is 9.53 Å². The highest BCUT2D eigenvalue weighted by Crippen LogP contribution is 2.36. The van der Waals surface area contributed by atoms with Gasteiger partial charge in [0.25, 0.3) is 5.56 Å². The molecule has 1 aliphatic rings. The summed E-state index contributed by atoms with van der Waals surface area (Å²) in [5, 5.41) is 9.05. The van der Waals surface area contributed by atoms with E-state index in [9.17, 15) is 9.59 Å². The Morgan fingerprint density at radius 1 is 1.21 bits per heavy atom. The fraction of sp³-hybridized carbons (Fsp3) is 0.286. The van der Waals surface area contributed by atoms with Gasteiger partial charge in [-0.05, 0) is 56.7 Å². The van der Waals surface area contributed by atoms with Crippen LogP contribution in [-0.4, -0.2) is 37.5 Å². The minimum atomic E-state index is -0.746. The molecule has 2 heterocycles. The lowest BCUT2D eigenvalue weighted by molar-refractivity contribution is -0.139. The van der Waals surface area contributed by atoms with Crippen molar-refractivity contribution in [1.82, 2.24) is 4.57 Å². The molecule has 1 aromatic heterocycles. The highest BCUT2D eigenvalue weighted by molar-refractivity contribution is 9.10. The van der Waals surface area contributed by atoms with Crippen molar-refractivity contribution in [3.05, 3.63) is 83.0 Å². The number of aromatic nitrogens is 1. The SMILES string of the molecule is CCOC(=O)C1=C(C)N=c2s/c(=C\c3cc(Br)cc(OC)c3OCC#N)c(=O)n2[C@@H]1c1ccc(OCC)cc1. The van der Waals surface area contributed by atoms with Crippen molar-refractivity contribution < 1.29 is 23.7 Å². The standard InChI is InChI=1S/C28H26BrN3O6S/c1-5-36-20-9-7-17(8-10-20)24-23(27(34)37-6-2)16(3)31-28-32(24)26(33)22(39-28)14-18-13-19(29)15-21(35-4)25(18)38-12-11-30/h7-10,13-15,24H,5-6,12H2,1-4H3/b22-14-/t24-/m1/s1. The van der Waals surface area contributed by atoms with Gasteiger partial charge in [-0.3, -0.25) is 9.36 Å². The third kappa shape index (κ3) is 5.77. The number of hydrogen-bond donors (Lipinski definition) is 0. The normalized spacial score (nSPS) is 14.8. The number of allylic oxidation sites excluding steroid dienone is 1. The van der Waals surface area contributed by atoms with Gasteiger partial charge in [-0.15, -0.1) is 0 Å². The van der Waals surface area contributed by atoms with E-state index in [4.69, 9.17) is 24.2 Å². The van der Waals surface area contributed by atoms with Crippen molar-refractivity contribution >= 4 is 39.3 Å². The number of esters is 1. The quantitative estimate of drug-likeness (QED) is 0.338. The molecule has 0 saturated heterocycles. The predicted molar refractivity (Wildman–Crippen MR) is 150 cm³/mol. The number of halogens is 1. The monoisotopic (exact) mass is 611 g/mol. The van der Waals surface area contributed by atoms with E-state index in [0.29, 0.717) is 60.1 Å². The summed E-state index contributed by atoms with van der Waals surface area (Å²) in [5.41, 5.74) is 1.69. The summed E-state index contributed by atoms with van der Waals surface area (Å²) in [6.45, 7) is 5.87. The number of rotatable bonds is 9. The van der Waals surface area contributed by atoms with E-state index in [2.05, 4.69) is 20.9 Å². The molecule has 0 radical (unpaired) electrons. The van der Waals surface area contributed by atoms with Gasteiger partial charge in [0.15, 0.2) is 22.9 Å². The Bertz CT molecular complexity index is 1650. The first-order chi connectivity index (χ1) is 18.8. The molecule has 1 atom stereocenters. The Labute approximate surface area is 237 Å². The molecule has 0 aliphatic carbocycles. The number of thiazole rings is 1. The first-order valence-electron chi connectivity index (χ1n) is 12.1. The van der Waals surface area contributed by atoms with E-state index in [1.165, 1.54) is 23.0 Å². The topological polar surface area (TPSA) is 112 Å². The molecule has 9 nitrogen and oxygen atoms in total. The largest absolute Gasteiger partial charge is 0.494 e. The Morgan fingerprint density at radius 3 is 2.59 bits per heavy atom. The summed E-state index contributed by atoms with van der Waals surface area (Å²) in [6, 6.07) is 12.0. The van der Waals surface area contributed by atoms with Crippen LogP contribution in [0.4, 0.5) is 0 Å². The van der Waals surface area contributed by atoms with E-state index in [-0.39, 0.29) is 18.8 Å². The molecule has 0 N–H and O–H groups in total. The van der Waals surface area contributed by atoms with Crippen molar-refractivity contribution in [3.63, 3.8) is 0 Å². The Hall–Kier alpha value is -3.88. The number of hydrogen-bond acceptors (Lipinski definition) is 9. The minimum Gasteiger partial charge on any atom is -0.494 e. The smallest absolute Gasteiger partial charge is 0.338 e. The number of ether oxygens (including phenoxy) is 4. The fourth-order valence-corrected chi connectivity index (χ4v) is 5.76. The molecule has 0 bridgehead atoms. The molecule has 0 unspecified atom stereocenters. The van der Waals surface area contributed by atoms with Crippen LogP contribution >= 0.6 is 27.3 Å². The van der Waals surface area contributed by atoms with Gasteiger partial charge < -0.3 is 18.9 Å². The zero-order chi connectivity index (χ0) is 28.1. The molecule has 39 heavy (non-hydrogen) atoms. The van der Waals surface area contributed by atoms with Crippen molar-refractivity contribution in [2.45, 2.75) is 26.8 Å². The number of methoxy groups -OCH3 is 1.